The summed E-state index contributed by atoms with van der Waals surface area (Å²) in [6.45, 7) is 0.502. The topological polar surface area (TPSA) is 84.9 Å². The zero-order valence-corrected chi connectivity index (χ0v) is 10.2. The van der Waals surface area contributed by atoms with Gasteiger partial charge < -0.3 is 19.9 Å². The number of benzene rings is 1. The second kappa shape index (κ2) is 6.19. The van der Waals surface area contributed by atoms with Crippen LogP contribution in [0.1, 0.15) is 12.0 Å². The van der Waals surface area contributed by atoms with E-state index < -0.39 is 18.2 Å². The lowest BCUT2D eigenvalue weighted by Gasteiger charge is -2.35. The summed E-state index contributed by atoms with van der Waals surface area (Å²) in [7, 11) is 0. The van der Waals surface area contributed by atoms with Crippen molar-refractivity contribution in [2.75, 3.05) is 6.61 Å². The average molecular weight is 265 g/mol. The van der Waals surface area contributed by atoms with Crippen molar-refractivity contribution in [3.05, 3.63) is 35.9 Å². The summed E-state index contributed by atoms with van der Waals surface area (Å²) in [5.41, 5.74) is 0.893. The Morgan fingerprint density at radius 2 is 2.11 bits per heavy atom. The third kappa shape index (κ3) is 3.96. The number of aliphatic carboxylic acids is 1. The van der Waals surface area contributed by atoms with Gasteiger partial charge in [-0.3, -0.25) is 4.79 Å². The number of carboxylic acids is 1. The van der Waals surface area contributed by atoms with Crippen LogP contribution < -0.4 is 5.32 Å². The molecular weight excluding hydrogens is 250 g/mol. The fourth-order valence-corrected chi connectivity index (χ4v) is 1.75. The van der Waals surface area contributed by atoms with Crippen LogP contribution in [-0.4, -0.2) is 35.9 Å². The van der Waals surface area contributed by atoms with E-state index in [-0.39, 0.29) is 19.1 Å². The quantitative estimate of drug-likeness (QED) is 0.834. The number of hydrogen-bond acceptors (Lipinski definition) is 4. The van der Waals surface area contributed by atoms with Crippen LogP contribution >= 0.6 is 0 Å². The van der Waals surface area contributed by atoms with Crippen molar-refractivity contribution >= 4 is 12.1 Å². The molecule has 1 fully saturated rings. The van der Waals surface area contributed by atoms with E-state index in [0.717, 1.165) is 5.56 Å². The maximum atomic E-state index is 11.5. The molecule has 1 heterocycles. The third-order valence-electron chi connectivity index (χ3n) is 2.83. The number of carbonyl (C=O) groups is 2. The number of alkyl carbamates (subject to hydrolysis) is 1. The molecule has 2 rings (SSSR count). The number of carboxylic acid groups (broad SMARTS) is 1. The molecule has 19 heavy (non-hydrogen) atoms. The Labute approximate surface area is 110 Å². The third-order valence-corrected chi connectivity index (χ3v) is 2.83. The highest BCUT2D eigenvalue weighted by molar-refractivity contribution is 5.69. The highest BCUT2D eigenvalue weighted by atomic mass is 16.6. The van der Waals surface area contributed by atoms with E-state index in [1.54, 1.807) is 0 Å². The van der Waals surface area contributed by atoms with Crippen molar-refractivity contribution in [1.29, 1.82) is 0 Å². The summed E-state index contributed by atoms with van der Waals surface area (Å²) in [5, 5.41) is 11.2. The van der Waals surface area contributed by atoms with Gasteiger partial charge in [0.15, 0.2) is 0 Å². The summed E-state index contributed by atoms with van der Waals surface area (Å²) in [6, 6.07) is 9.02. The molecule has 1 aliphatic heterocycles. The molecule has 102 valence electrons. The van der Waals surface area contributed by atoms with E-state index >= 15 is 0 Å². The molecule has 0 spiro atoms. The number of nitrogens with one attached hydrogen (secondary N) is 1. The Morgan fingerprint density at radius 1 is 1.37 bits per heavy atom. The SMILES string of the molecule is O=C(O)CC1OCC1NC(=O)OCc1ccccc1. The van der Waals surface area contributed by atoms with Crippen LogP contribution in [0.5, 0.6) is 0 Å². The lowest BCUT2D eigenvalue weighted by molar-refractivity contribution is -0.148. The molecule has 0 saturated carbocycles. The second-order valence-corrected chi connectivity index (χ2v) is 4.28. The lowest BCUT2D eigenvalue weighted by Crippen LogP contribution is -2.56. The van der Waals surface area contributed by atoms with Crippen LogP contribution in [-0.2, 0) is 20.9 Å². The number of amides is 1. The Balaban J connectivity index is 1.71. The highest BCUT2D eigenvalue weighted by Crippen LogP contribution is 2.16. The van der Waals surface area contributed by atoms with Gasteiger partial charge in [-0.05, 0) is 5.56 Å². The fourth-order valence-electron chi connectivity index (χ4n) is 1.75. The van der Waals surface area contributed by atoms with Gasteiger partial charge >= 0.3 is 12.1 Å². The Morgan fingerprint density at radius 3 is 2.68 bits per heavy atom. The van der Waals surface area contributed by atoms with E-state index in [4.69, 9.17) is 14.6 Å². The standard InChI is InChI=1S/C13H15NO5/c15-12(16)6-11-10(8-18-11)14-13(17)19-7-9-4-2-1-3-5-9/h1-5,10-11H,6-8H2,(H,14,17)(H,15,16). The average Bonchev–Trinajstić information content (AvgIpc) is 2.40. The van der Waals surface area contributed by atoms with Gasteiger partial charge in [0.1, 0.15) is 6.61 Å². The predicted octanol–water partition coefficient (Wildman–Crippen LogP) is 1.15. The first kappa shape index (κ1) is 13.4. The van der Waals surface area contributed by atoms with Gasteiger partial charge in [0.2, 0.25) is 0 Å². The number of ether oxygens (including phenoxy) is 2. The van der Waals surface area contributed by atoms with E-state index in [0.29, 0.717) is 6.61 Å². The fraction of sp³-hybridized carbons (Fsp3) is 0.385. The van der Waals surface area contributed by atoms with Crippen LogP contribution in [0.4, 0.5) is 4.79 Å². The maximum Gasteiger partial charge on any atom is 0.407 e. The largest absolute Gasteiger partial charge is 0.481 e. The normalized spacial score (nSPS) is 21.3. The van der Waals surface area contributed by atoms with Gasteiger partial charge in [0, 0.05) is 0 Å². The number of hydrogen-bond donors (Lipinski definition) is 2. The summed E-state index contributed by atoms with van der Waals surface area (Å²) >= 11 is 0. The highest BCUT2D eigenvalue weighted by Gasteiger charge is 2.35. The molecule has 0 aliphatic carbocycles. The minimum absolute atomic E-state index is 0.121. The molecule has 0 bridgehead atoms. The van der Waals surface area contributed by atoms with Crippen LogP contribution in [0.3, 0.4) is 0 Å². The Hall–Kier alpha value is -2.08. The van der Waals surface area contributed by atoms with Crippen molar-refractivity contribution < 1.29 is 24.2 Å². The molecule has 2 unspecified atom stereocenters. The molecule has 1 amide bonds. The summed E-state index contributed by atoms with van der Waals surface area (Å²) < 4.78 is 10.1. The van der Waals surface area contributed by atoms with Crippen LogP contribution in [0.15, 0.2) is 30.3 Å². The number of carbonyl (C=O) groups excluding carboxylic acids is 1. The van der Waals surface area contributed by atoms with E-state index in [9.17, 15) is 9.59 Å². The smallest absolute Gasteiger partial charge is 0.407 e. The molecule has 1 aromatic rings. The Kier molecular flexibility index (Phi) is 4.35. The molecular formula is C13H15NO5. The van der Waals surface area contributed by atoms with Crippen molar-refractivity contribution in [2.24, 2.45) is 0 Å². The zero-order chi connectivity index (χ0) is 13.7. The van der Waals surface area contributed by atoms with E-state index in [2.05, 4.69) is 5.32 Å². The lowest BCUT2D eigenvalue weighted by atomic mass is 10.0. The molecule has 6 nitrogen and oxygen atoms in total. The summed E-state index contributed by atoms with van der Waals surface area (Å²) in [6.07, 6.45) is -1.15. The molecule has 6 heteroatoms. The first-order chi connectivity index (χ1) is 9.15. The van der Waals surface area contributed by atoms with Crippen molar-refractivity contribution in [1.82, 2.24) is 5.32 Å². The molecule has 2 atom stereocenters. The Bertz CT molecular complexity index is 448. The predicted molar refractivity (Wildman–Crippen MR) is 65.5 cm³/mol. The van der Waals surface area contributed by atoms with Crippen LogP contribution in [0.2, 0.25) is 0 Å². The molecule has 0 aromatic heterocycles. The number of rotatable bonds is 5. The molecule has 1 aliphatic rings. The van der Waals surface area contributed by atoms with Gasteiger partial charge in [-0.1, -0.05) is 30.3 Å². The first-order valence-electron chi connectivity index (χ1n) is 5.96. The van der Waals surface area contributed by atoms with E-state index in [1.165, 1.54) is 0 Å². The van der Waals surface area contributed by atoms with Gasteiger partial charge in [-0.15, -0.1) is 0 Å². The minimum atomic E-state index is -0.950. The zero-order valence-electron chi connectivity index (χ0n) is 10.2. The van der Waals surface area contributed by atoms with Crippen LogP contribution in [0.25, 0.3) is 0 Å². The summed E-state index contributed by atoms with van der Waals surface area (Å²) in [5.74, 6) is -0.950. The second-order valence-electron chi connectivity index (χ2n) is 4.28. The van der Waals surface area contributed by atoms with Crippen LogP contribution in [0, 0.1) is 0 Å². The molecule has 1 saturated heterocycles. The molecule has 1 aromatic carbocycles. The van der Waals surface area contributed by atoms with E-state index in [1.807, 2.05) is 30.3 Å². The van der Waals surface area contributed by atoms with Crippen molar-refractivity contribution in [3.8, 4) is 0 Å². The molecule has 2 N–H and O–H groups in total. The van der Waals surface area contributed by atoms with Crippen molar-refractivity contribution in [2.45, 2.75) is 25.2 Å². The van der Waals surface area contributed by atoms with Crippen molar-refractivity contribution in [3.63, 3.8) is 0 Å². The minimum Gasteiger partial charge on any atom is -0.481 e. The van der Waals surface area contributed by atoms with Gasteiger partial charge in [0.25, 0.3) is 0 Å². The van der Waals surface area contributed by atoms with Gasteiger partial charge in [0.05, 0.1) is 25.2 Å². The van der Waals surface area contributed by atoms with Gasteiger partial charge in [-0.2, -0.15) is 0 Å². The maximum absolute atomic E-state index is 11.5. The van der Waals surface area contributed by atoms with Gasteiger partial charge in [-0.25, -0.2) is 4.79 Å². The summed E-state index contributed by atoms with van der Waals surface area (Å²) in [4.78, 5) is 22.0. The first-order valence-corrected chi connectivity index (χ1v) is 5.96. The monoisotopic (exact) mass is 265 g/mol. The molecule has 0 radical (unpaired) electrons.